The van der Waals surface area contributed by atoms with Crippen molar-refractivity contribution >= 4 is 51.4 Å². The summed E-state index contributed by atoms with van der Waals surface area (Å²) in [5, 5.41) is 23.4. The number of hydrogen-bond acceptors (Lipinski definition) is 9. The summed E-state index contributed by atoms with van der Waals surface area (Å²) < 4.78 is 0.715. The molecular formula is C29H30BrN9O3. The van der Waals surface area contributed by atoms with Crippen LogP contribution in [0.15, 0.2) is 41.3 Å². The summed E-state index contributed by atoms with van der Waals surface area (Å²) >= 11 is 3.20. The number of aryl methyl sites for hydroxylation is 2. The van der Waals surface area contributed by atoms with Crippen molar-refractivity contribution in [2.45, 2.75) is 39.7 Å². The zero-order chi connectivity index (χ0) is 30.6. The predicted molar refractivity (Wildman–Crippen MR) is 161 cm³/mol. The van der Waals surface area contributed by atoms with E-state index in [4.69, 9.17) is 11.1 Å². The minimum atomic E-state index is -0.927. The molecule has 13 heteroatoms. The predicted octanol–water partition coefficient (Wildman–Crippen LogP) is 3.32. The van der Waals surface area contributed by atoms with Gasteiger partial charge in [0.2, 0.25) is 12.3 Å². The number of nitriles is 1. The molecule has 1 aliphatic heterocycles. The van der Waals surface area contributed by atoms with Crippen molar-refractivity contribution in [3.8, 4) is 17.2 Å². The smallest absolute Gasteiger partial charge is 0.267 e. The Hall–Kier alpha value is -4.70. The second-order valence-electron chi connectivity index (χ2n) is 10.4. The summed E-state index contributed by atoms with van der Waals surface area (Å²) in [5.41, 5.74) is 7.90. The molecule has 42 heavy (non-hydrogen) atoms. The molecule has 5 rings (SSSR count). The molecule has 1 unspecified atom stereocenters. The van der Waals surface area contributed by atoms with Gasteiger partial charge in [-0.25, -0.2) is 15.0 Å². The first kappa shape index (κ1) is 30.3. The topological polar surface area (TPSA) is 191 Å². The normalized spacial score (nSPS) is 18.1. The summed E-state index contributed by atoms with van der Waals surface area (Å²) in [6, 6.07) is 9.28. The average Bonchev–Trinajstić information content (AvgIpc) is 3.53. The van der Waals surface area contributed by atoms with E-state index in [1.165, 1.54) is 0 Å². The molecule has 2 atom stereocenters. The van der Waals surface area contributed by atoms with Crippen molar-refractivity contribution in [2.75, 3.05) is 23.7 Å². The first-order valence-corrected chi connectivity index (χ1v) is 13.9. The number of nitrogens with one attached hydrogen (secondary N) is 3. The Kier molecular flexibility index (Phi) is 8.96. The van der Waals surface area contributed by atoms with Gasteiger partial charge in [0, 0.05) is 36.1 Å². The van der Waals surface area contributed by atoms with Crippen LogP contribution in [-0.2, 0) is 14.4 Å². The monoisotopic (exact) mass is 631 g/mol. The highest BCUT2D eigenvalue weighted by atomic mass is 79.9. The molecule has 1 aromatic carbocycles. The van der Waals surface area contributed by atoms with Gasteiger partial charge in [0.15, 0.2) is 0 Å². The van der Waals surface area contributed by atoms with E-state index in [9.17, 15) is 19.6 Å². The lowest BCUT2D eigenvalue weighted by atomic mass is 9.96. The number of likely N-dealkylation sites (tertiary alicyclic amines) is 1. The fourth-order valence-electron chi connectivity index (χ4n) is 4.90. The van der Waals surface area contributed by atoms with Crippen LogP contribution in [0.5, 0.6) is 0 Å². The van der Waals surface area contributed by atoms with E-state index in [1.807, 2.05) is 24.0 Å². The van der Waals surface area contributed by atoms with E-state index in [1.54, 1.807) is 31.5 Å². The maximum atomic E-state index is 12.8. The van der Waals surface area contributed by atoms with Gasteiger partial charge in [-0.05, 0) is 77.4 Å². The van der Waals surface area contributed by atoms with Gasteiger partial charge in [-0.2, -0.15) is 5.26 Å². The molecule has 2 aromatic heterocycles. The zero-order valence-corrected chi connectivity index (χ0v) is 24.9. The van der Waals surface area contributed by atoms with Gasteiger partial charge < -0.3 is 21.3 Å². The van der Waals surface area contributed by atoms with E-state index in [2.05, 4.69) is 54.5 Å². The van der Waals surface area contributed by atoms with Gasteiger partial charge in [0.1, 0.15) is 28.0 Å². The number of fused-ring (bicyclic) bond motifs is 1. The maximum Gasteiger partial charge on any atom is 0.267 e. The van der Waals surface area contributed by atoms with Gasteiger partial charge >= 0.3 is 0 Å². The van der Waals surface area contributed by atoms with E-state index in [-0.39, 0.29) is 40.7 Å². The highest BCUT2D eigenvalue weighted by Gasteiger charge is 2.58. The number of carbonyl (C=O) groups is 3. The number of piperidine rings is 1. The van der Waals surface area contributed by atoms with E-state index >= 15 is 0 Å². The Labute approximate surface area is 251 Å². The molecule has 1 saturated heterocycles. The van der Waals surface area contributed by atoms with Gasteiger partial charge in [0.05, 0.1) is 17.8 Å². The molecule has 2 fully saturated rings. The fraction of sp³-hybridized carbons (Fsp3) is 0.310. The number of carbonyl (C=O) groups excluding carboxylic acids is 3. The molecule has 3 heterocycles. The zero-order valence-electron chi connectivity index (χ0n) is 23.4. The van der Waals surface area contributed by atoms with Crippen molar-refractivity contribution in [1.82, 2.24) is 19.9 Å². The Bertz CT molecular complexity index is 1600. The van der Waals surface area contributed by atoms with Crippen molar-refractivity contribution in [1.29, 1.82) is 10.7 Å². The summed E-state index contributed by atoms with van der Waals surface area (Å²) in [4.78, 5) is 48.8. The molecule has 0 spiro atoms. The Morgan fingerprint density at radius 2 is 1.98 bits per heavy atom. The van der Waals surface area contributed by atoms with Crippen LogP contribution < -0.4 is 16.4 Å². The Morgan fingerprint density at radius 1 is 1.26 bits per heavy atom. The molecule has 216 valence electrons. The number of rotatable bonds is 8. The number of aromatic nitrogens is 3. The van der Waals surface area contributed by atoms with Crippen LogP contribution >= 0.6 is 15.9 Å². The van der Waals surface area contributed by atoms with Gasteiger partial charge in [-0.3, -0.25) is 19.8 Å². The second-order valence-corrected chi connectivity index (χ2v) is 11.3. The minimum absolute atomic E-state index is 0.0344. The standard InChI is InChI=1S/C22H23N7O2.C7H7BrN2O/c1-12-26-9-15(10-27-12)13-5-14(8-23)20(16(6-13)19(24)21(25)31)28-11-18(30)29-4-3-22(2)7-17(22)29;1-5-2-3-6(8)10-7(5)9-4-11/h5-6,9-10,17,24,28H,3-4,7,11H2,1-2H3,(H2,25,31);2-4H,1H3,(H,9,10,11)/t17?,22-;/m0./s1. The summed E-state index contributed by atoms with van der Waals surface area (Å²) in [6.07, 6.45) is 5.84. The summed E-state index contributed by atoms with van der Waals surface area (Å²) in [7, 11) is 0. The maximum absolute atomic E-state index is 12.8. The van der Waals surface area contributed by atoms with Gasteiger partial charge in [0.25, 0.3) is 5.91 Å². The molecule has 3 amide bonds. The Balaban J connectivity index is 0.000000310. The molecule has 5 N–H and O–H groups in total. The third-order valence-electron chi connectivity index (χ3n) is 7.49. The first-order valence-electron chi connectivity index (χ1n) is 13.1. The molecule has 2 aliphatic rings. The number of primary amides is 1. The van der Waals surface area contributed by atoms with Crippen molar-refractivity contribution in [3.63, 3.8) is 0 Å². The third kappa shape index (κ3) is 6.60. The first-order chi connectivity index (χ1) is 20.0. The number of nitrogens with zero attached hydrogens (tertiary/aromatic N) is 5. The number of amides is 3. The molecule has 0 radical (unpaired) electrons. The van der Waals surface area contributed by atoms with E-state index in [0.29, 0.717) is 33.8 Å². The molecule has 12 nitrogen and oxygen atoms in total. The van der Waals surface area contributed by atoms with E-state index < -0.39 is 11.6 Å². The van der Waals surface area contributed by atoms with Crippen molar-refractivity contribution in [3.05, 3.63) is 63.8 Å². The fourth-order valence-corrected chi connectivity index (χ4v) is 5.21. The number of pyridine rings is 1. The number of benzene rings is 1. The molecule has 3 aromatic rings. The van der Waals surface area contributed by atoms with Crippen LogP contribution in [0.3, 0.4) is 0 Å². The SMILES string of the molecule is Cc1ccc(Br)nc1NC=O.Cc1ncc(-c2cc(C#N)c(NCC(=O)N3CC[C@@]4(C)CC34)c(C(=N)C(N)=O)c2)cn1. The quantitative estimate of drug-likeness (QED) is 0.165. The molecule has 1 aliphatic carbocycles. The minimum Gasteiger partial charge on any atom is -0.375 e. The second kappa shape index (κ2) is 12.4. The lowest BCUT2D eigenvalue weighted by Crippen LogP contribution is -2.36. The highest BCUT2D eigenvalue weighted by molar-refractivity contribution is 9.10. The average molecular weight is 633 g/mol. The molecule has 1 saturated carbocycles. The van der Waals surface area contributed by atoms with Gasteiger partial charge in [-0.15, -0.1) is 0 Å². The van der Waals surface area contributed by atoms with Crippen LogP contribution in [0.1, 0.15) is 42.3 Å². The van der Waals surface area contributed by atoms with Crippen LogP contribution in [0, 0.1) is 36.0 Å². The van der Waals surface area contributed by atoms with Crippen molar-refractivity contribution < 1.29 is 14.4 Å². The molecule has 0 bridgehead atoms. The van der Waals surface area contributed by atoms with Crippen LogP contribution in [0.25, 0.3) is 11.1 Å². The third-order valence-corrected chi connectivity index (χ3v) is 7.93. The number of halogens is 1. The van der Waals surface area contributed by atoms with Crippen LogP contribution in [0.2, 0.25) is 0 Å². The van der Waals surface area contributed by atoms with Gasteiger partial charge in [-0.1, -0.05) is 13.0 Å². The lowest BCUT2D eigenvalue weighted by Gasteiger charge is -2.20. The molecular weight excluding hydrogens is 602 g/mol. The number of hydrogen-bond donors (Lipinski definition) is 4. The lowest BCUT2D eigenvalue weighted by molar-refractivity contribution is -0.129. The van der Waals surface area contributed by atoms with Crippen LogP contribution in [0.4, 0.5) is 11.5 Å². The Morgan fingerprint density at radius 3 is 2.55 bits per heavy atom. The summed E-state index contributed by atoms with van der Waals surface area (Å²) in [5.74, 6) is 0.195. The number of anilines is 2. The van der Waals surface area contributed by atoms with Crippen molar-refractivity contribution in [2.24, 2.45) is 11.1 Å². The van der Waals surface area contributed by atoms with E-state index in [0.717, 1.165) is 24.9 Å². The number of nitrogens with two attached hydrogens (primary N) is 1. The largest absolute Gasteiger partial charge is 0.375 e. The van der Waals surface area contributed by atoms with Crippen LogP contribution in [-0.4, -0.2) is 62.9 Å². The summed E-state index contributed by atoms with van der Waals surface area (Å²) in [6.45, 7) is 6.51. The highest BCUT2D eigenvalue weighted by Crippen LogP contribution is 2.56.